The van der Waals surface area contributed by atoms with E-state index in [0.29, 0.717) is 11.3 Å². The first-order valence-corrected chi connectivity index (χ1v) is 21.4. The molecule has 0 aliphatic carbocycles. The number of amides is 4. The van der Waals surface area contributed by atoms with Crippen LogP contribution in [0.15, 0.2) is 128 Å². The summed E-state index contributed by atoms with van der Waals surface area (Å²) in [7, 11) is 0. The molecule has 0 aliphatic rings. The quantitative estimate of drug-likeness (QED) is 0.0408. The number of carbonyl (C=O) groups is 5. The van der Waals surface area contributed by atoms with Crippen molar-refractivity contribution >= 4 is 41.9 Å². The predicted octanol–water partition coefficient (Wildman–Crippen LogP) is 8.32. The lowest BCUT2D eigenvalue weighted by atomic mass is 9.84. The van der Waals surface area contributed by atoms with Crippen molar-refractivity contribution in [2.75, 3.05) is 25.4 Å². The van der Waals surface area contributed by atoms with E-state index in [1.165, 1.54) is 18.2 Å². The van der Waals surface area contributed by atoms with Crippen molar-refractivity contribution < 1.29 is 43.3 Å². The third-order valence-electron chi connectivity index (χ3n) is 9.15. The fourth-order valence-electron chi connectivity index (χ4n) is 6.49. The van der Waals surface area contributed by atoms with Crippen molar-refractivity contribution in [1.82, 2.24) is 20.9 Å². The highest BCUT2D eigenvalue weighted by Gasteiger charge is 2.37. The van der Waals surface area contributed by atoms with Gasteiger partial charge in [-0.15, -0.1) is 18.3 Å². The van der Waals surface area contributed by atoms with Gasteiger partial charge in [-0.3, -0.25) is 9.69 Å². The summed E-state index contributed by atoms with van der Waals surface area (Å²) in [6.07, 6.45) is -0.981. The molecule has 4 N–H and O–H groups in total. The Labute approximate surface area is 368 Å². The summed E-state index contributed by atoms with van der Waals surface area (Å²) < 4.78 is 15.7. The molecule has 0 spiro atoms. The SMILES string of the molecule is C=CCN(C(=O)OC(C)(C)C)[C@@H](Cc1ccc(OC(=O)NCC[C@H](NC(=O)OC(C)(C)C)C(=O)NCCSC(c2ccccc2)(c2ccccc2)c2ccccc2)cc1)C(=O)O. The molecule has 0 aromatic heterocycles. The number of hydrogen-bond donors (Lipinski definition) is 4. The van der Waals surface area contributed by atoms with Gasteiger partial charge in [0, 0.05) is 31.8 Å². The first-order valence-electron chi connectivity index (χ1n) is 20.4. The molecule has 0 aliphatic heterocycles. The zero-order valence-electron chi connectivity index (χ0n) is 36.2. The van der Waals surface area contributed by atoms with Gasteiger partial charge < -0.3 is 35.3 Å². The minimum absolute atomic E-state index is 0.0175. The minimum Gasteiger partial charge on any atom is -0.480 e. The number of alkyl carbamates (subject to hydrolysis) is 1. The highest BCUT2D eigenvalue weighted by atomic mass is 32.2. The molecule has 0 heterocycles. The summed E-state index contributed by atoms with van der Waals surface area (Å²) in [5, 5.41) is 18.2. The molecule has 4 aromatic rings. The second kappa shape index (κ2) is 22.5. The number of ether oxygens (including phenoxy) is 3. The largest absolute Gasteiger partial charge is 0.480 e. The van der Waals surface area contributed by atoms with E-state index in [-0.39, 0.29) is 38.2 Å². The lowest BCUT2D eigenvalue weighted by Crippen LogP contribution is -2.50. The fraction of sp³-hybridized carbons (Fsp3) is 0.354. The van der Waals surface area contributed by atoms with E-state index in [9.17, 15) is 29.1 Å². The van der Waals surface area contributed by atoms with Crippen LogP contribution in [0.1, 0.15) is 70.2 Å². The Morgan fingerprint density at radius 1 is 0.710 bits per heavy atom. The van der Waals surface area contributed by atoms with Gasteiger partial charge in [0.2, 0.25) is 5.91 Å². The van der Waals surface area contributed by atoms with Crippen molar-refractivity contribution in [2.45, 2.75) is 82.4 Å². The molecule has 0 bridgehead atoms. The van der Waals surface area contributed by atoms with Gasteiger partial charge in [-0.05, 0) is 82.3 Å². The molecule has 62 heavy (non-hydrogen) atoms. The first kappa shape index (κ1) is 48.4. The van der Waals surface area contributed by atoms with Crippen LogP contribution in [0, 0.1) is 0 Å². The highest BCUT2D eigenvalue weighted by Crippen LogP contribution is 2.48. The summed E-state index contributed by atoms with van der Waals surface area (Å²) in [6.45, 7) is 14.0. The van der Waals surface area contributed by atoms with Crippen LogP contribution in [0.25, 0.3) is 0 Å². The summed E-state index contributed by atoms with van der Waals surface area (Å²) in [4.78, 5) is 65.5. The molecule has 330 valence electrons. The molecule has 4 rings (SSSR count). The normalized spacial score (nSPS) is 12.5. The molecule has 4 aromatic carbocycles. The second-order valence-corrected chi connectivity index (χ2v) is 17.7. The molecule has 0 fully saturated rings. The first-order chi connectivity index (χ1) is 29.4. The molecular weight excluding hydrogens is 809 g/mol. The maximum Gasteiger partial charge on any atom is 0.412 e. The average Bonchev–Trinajstić information content (AvgIpc) is 3.22. The molecule has 0 saturated carbocycles. The van der Waals surface area contributed by atoms with Crippen LogP contribution in [-0.4, -0.2) is 88.8 Å². The van der Waals surface area contributed by atoms with Gasteiger partial charge in [-0.2, -0.15) is 0 Å². The third-order valence-corrected chi connectivity index (χ3v) is 10.7. The fourth-order valence-corrected chi connectivity index (χ4v) is 7.91. The van der Waals surface area contributed by atoms with Crippen molar-refractivity contribution in [1.29, 1.82) is 0 Å². The van der Waals surface area contributed by atoms with Gasteiger partial charge in [0.05, 0.1) is 4.75 Å². The van der Waals surface area contributed by atoms with Gasteiger partial charge in [-0.1, -0.05) is 109 Å². The zero-order chi connectivity index (χ0) is 45.3. The number of carboxylic acid groups (broad SMARTS) is 1. The number of rotatable bonds is 19. The van der Waals surface area contributed by atoms with Crippen LogP contribution in [0.5, 0.6) is 5.75 Å². The monoisotopic (exact) mass is 866 g/mol. The van der Waals surface area contributed by atoms with E-state index < -0.39 is 58.2 Å². The topological polar surface area (TPSA) is 173 Å². The summed E-state index contributed by atoms with van der Waals surface area (Å²) in [6, 6.07) is 34.5. The Morgan fingerprint density at radius 3 is 1.69 bits per heavy atom. The summed E-state index contributed by atoms with van der Waals surface area (Å²) >= 11 is 1.69. The predicted molar refractivity (Wildman–Crippen MR) is 241 cm³/mol. The minimum atomic E-state index is -1.25. The molecule has 2 atom stereocenters. The van der Waals surface area contributed by atoms with Crippen LogP contribution in [0.3, 0.4) is 0 Å². The van der Waals surface area contributed by atoms with Gasteiger partial charge in [0.15, 0.2) is 0 Å². The molecule has 14 heteroatoms. The number of nitrogens with zero attached hydrogens (tertiary/aromatic N) is 1. The van der Waals surface area contributed by atoms with Gasteiger partial charge >= 0.3 is 24.2 Å². The molecule has 4 amide bonds. The molecule has 0 saturated heterocycles. The van der Waals surface area contributed by atoms with Crippen LogP contribution in [-0.2, 0) is 30.2 Å². The lowest BCUT2D eigenvalue weighted by Gasteiger charge is -2.35. The number of carboxylic acids is 1. The standard InChI is InChI=1S/C48H58N4O9S/c1-8-31-52(45(58)61-47(5,6)7)40(42(54)55)33-34-24-26-38(27-25-34)59-43(56)50-29-28-39(51-44(57)60-46(2,3)4)41(53)49-30-32-62-48(35-18-12-9-13-19-35,36-20-14-10-15-21-36)37-22-16-11-17-23-37/h8-27,39-40H,1,28-33H2,2-7H3,(H,49,53)(H,50,56)(H,51,57)(H,54,55)/t39-,40-/m0/s1. The van der Waals surface area contributed by atoms with E-state index in [2.05, 4.69) is 58.9 Å². The van der Waals surface area contributed by atoms with Crippen LogP contribution >= 0.6 is 11.8 Å². The van der Waals surface area contributed by atoms with Crippen LogP contribution in [0.2, 0.25) is 0 Å². The number of thioether (sulfide) groups is 1. The molecule has 0 unspecified atom stereocenters. The van der Waals surface area contributed by atoms with Crippen molar-refractivity contribution in [3.8, 4) is 5.75 Å². The van der Waals surface area contributed by atoms with Crippen LogP contribution in [0.4, 0.5) is 14.4 Å². The van der Waals surface area contributed by atoms with Crippen molar-refractivity contribution in [3.05, 3.63) is 150 Å². The van der Waals surface area contributed by atoms with Gasteiger partial charge in [0.25, 0.3) is 0 Å². The van der Waals surface area contributed by atoms with E-state index in [4.69, 9.17) is 14.2 Å². The van der Waals surface area contributed by atoms with Crippen molar-refractivity contribution in [3.63, 3.8) is 0 Å². The Balaban J connectivity index is 1.39. The lowest BCUT2D eigenvalue weighted by molar-refractivity contribution is -0.143. The Bertz CT molecular complexity index is 1990. The number of aliphatic carboxylic acids is 1. The van der Waals surface area contributed by atoms with Crippen LogP contribution < -0.4 is 20.7 Å². The van der Waals surface area contributed by atoms with E-state index in [1.807, 2.05) is 54.6 Å². The summed E-state index contributed by atoms with van der Waals surface area (Å²) in [5.74, 6) is -0.990. The number of hydrogen-bond acceptors (Lipinski definition) is 9. The Morgan fingerprint density at radius 2 is 1.23 bits per heavy atom. The number of benzene rings is 4. The Kier molecular flexibility index (Phi) is 17.6. The van der Waals surface area contributed by atoms with E-state index in [1.54, 1.807) is 65.4 Å². The van der Waals surface area contributed by atoms with Gasteiger partial charge in [0.1, 0.15) is 29.0 Å². The second-order valence-electron chi connectivity index (χ2n) is 16.3. The zero-order valence-corrected chi connectivity index (χ0v) is 37.0. The molecule has 13 nitrogen and oxygen atoms in total. The van der Waals surface area contributed by atoms with Crippen molar-refractivity contribution in [2.24, 2.45) is 0 Å². The third kappa shape index (κ3) is 14.7. The average molecular weight is 867 g/mol. The Hall–Kier alpha value is -6.28. The van der Waals surface area contributed by atoms with Gasteiger partial charge in [-0.25, -0.2) is 19.2 Å². The maximum absolute atomic E-state index is 13.7. The smallest absolute Gasteiger partial charge is 0.412 e. The summed E-state index contributed by atoms with van der Waals surface area (Å²) in [5.41, 5.74) is 2.18. The number of carbonyl (C=O) groups excluding carboxylic acids is 4. The maximum atomic E-state index is 13.7. The van der Waals surface area contributed by atoms with E-state index in [0.717, 1.165) is 21.6 Å². The molecular formula is C48H58N4O9S. The van der Waals surface area contributed by atoms with E-state index >= 15 is 0 Å². The highest BCUT2D eigenvalue weighted by molar-refractivity contribution is 8.00. The molecule has 0 radical (unpaired) electrons. The number of nitrogens with one attached hydrogen (secondary N) is 3.